The number of carbonyl (C=O) groups is 1. The van der Waals surface area contributed by atoms with Crippen molar-refractivity contribution in [3.8, 4) is 0 Å². The molecule has 0 aromatic heterocycles. The standard InChI is InChI=1S/C14H18BF2NO4/c1-13(2)14(3,4)22-15(21-13)9-6-10(16)8(5-11(9)17)7-18-12(19)20/h5-6,18H,7H2,1-4H3,(H,19,20). The van der Waals surface area contributed by atoms with Gasteiger partial charge in [0.1, 0.15) is 11.6 Å². The fraction of sp³-hybridized carbons (Fsp3) is 0.500. The fourth-order valence-electron chi connectivity index (χ4n) is 2.06. The molecule has 22 heavy (non-hydrogen) atoms. The number of benzene rings is 1. The van der Waals surface area contributed by atoms with Crippen LogP contribution in [0.1, 0.15) is 33.3 Å². The van der Waals surface area contributed by atoms with Crippen LogP contribution in [0.5, 0.6) is 0 Å². The smallest absolute Gasteiger partial charge is 0.465 e. The second-order valence-electron chi connectivity index (χ2n) is 6.21. The SMILES string of the molecule is CC1(C)OB(c2cc(F)c(CNC(=O)O)cc2F)OC1(C)C. The molecule has 0 aliphatic carbocycles. The third-order valence-corrected chi connectivity index (χ3v) is 4.10. The molecule has 8 heteroatoms. The molecule has 0 atom stereocenters. The Morgan fingerprint density at radius 3 is 2.23 bits per heavy atom. The summed E-state index contributed by atoms with van der Waals surface area (Å²) in [6, 6.07) is 1.93. The van der Waals surface area contributed by atoms with Gasteiger partial charge >= 0.3 is 13.2 Å². The Labute approximate surface area is 127 Å². The highest BCUT2D eigenvalue weighted by Crippen LogP contribution is 2.36. The molecule has 1 saturated heterocycles. The van der Waals surface area contributed by atoms with Crippen LogP contribution in [0.3, 0.4) is 0 Å². The van der Waals surface area contributed by atoms with Crippen molar-refractivity contribution in [3.05, 3.63) is 29.3 Å². The van der Waals surface area contributed by atoms with Crippen molar-refractivity contribution in [3.63, 3.8) is 0 Å². The number of rotatable bonds is 3. The van der Waals surface area contributed by atoms with Crippen LogP contribution in [0, 0.1) is 11.6 Å². The van der Waals surface area contributed by atoms with Gasteiger partial charge in [0.2, 0.25) is 0 Å². The van der Waals surface area contributed by atoms with Gasteiger partial charge in [0.15, 0.2) is 0 Å². The topological polar surface area (TPSA) is 67.8 Å². The van der Waals surface area contributed by atoms with E-state index < -0.39 is 36.0 Å². The molecular formula is C14H18BF2NO4. The van der Waals surface area contributed by atoms with Gasteiger partial charge in [-0.2, -0.15) is 0 Å². The van der Waals surface area contributed by atoms with E-state index in [0.717, 1.165) is 12.1 Å². The second-order valence-corrected chi connectivity index (χ2v) is 6.21. The van der Waals surface area contributed by atoms with Crippen LogP contribution in [-0.2, 0) is 15.9 Å². The van der Waals surface area contributed by atoms with E-state index in [0.29, 0.717) is 0 Å². The largest absolute Gasteiger partial charge is 0.497 e. The molecule has 5 nitrogen and oxygen atoms in total. The molecular weight excluding hydrogens is 295 g/mol. The minimum Gasteiger partial charge on any atom is -0.465 e. The van der Waals surface area contributed by atoms with Gasteiger partial charge < -0.3 is 19.7 Å². The normalized spacial score (nSPS) is 19.3. The number of amides is 1. The maximum atomic E-state index is 14.2. The van der Waals surface area contributed by atoms with Gasteiger partial charge in [-0.25, -0.2) is 13.6 Å². The molecule has 0 bridgehead atoms. The molecule has 0 spiro atoms. The molecule has 120 valence electrons. The van der Waals surface area contributed by atoms with Crippen molar-refractivity contribution >= 4 is 18.7 Å². The van der Waals surface area contributed by atoms with E-state index in [-0.39, 0.29) is 17.6 Å². The summed E-state index contributed by atoms with van der Waals surface area (Å²) < 4.78 is 39.6. The lowest BCUT2D eigenvalue weighted by atomic mass is 9.78. The van der Waals surface area contributed by atoms with E-state index in [9.17, 15) is 13.6 Å². The summed E-state index contributed by atoms with van der Waals surface area (Å²) in [5.74, 6) is -1.43. The Kier molecular flexibility index (Phi) is 4.19. The van der Waals surface area contributed by atoms with E-state index in [4.69, 9.17) is 14.4 Å². The number of hydrogen-bond donors (Lipinski definition) is 2. The van der Waals surface area contributed by atoms with Gasteiger partial charge in [-0.05, 0) is 39.8 Å². The number of carboxylic acid groups (broad SMARTS) is 1. The molecule has 1 aromatic carbocycles. The molecule has 0 unspecified atom stereocenters. The molecule has 1 aliphatic rings. The maximum Gasteiger partial charge on any atom is 0.497 e. The zero-order valence-corrected chi connectivity index (χ0v) is 12.9. The van der Waals surface area contributed by atoms with E-state index in [1.807, 2.05) is 33.0 Å². The first kappa shape index (κ1) is 16.7. The van der Waals surface area contributed by atoms with E-state index in [2.05, 4.69) is 0 Å². The zero-order chi connectivity index (χ0) is 16.7. The van der Waals surface area contributed by atoms with Crippen LogP contribution in [0.25, 0.3) is 0 Å². The van der Waals surface area contributed by atoms with Gasteiger partial charge in [0, 0.05) is 17.6 Å². The van der Waals surface area contributed by atoms with E-state index in [1.54, 1.807) is 0 Å². The number of halogens is 2. The highest BCUT2D eigenvalue weighted by atomic mass is 19.1. The molecule has 1 aliphatic heterocycles. The lowest BCUT2D eigenvalue weighted by molar-refractivity contribution is 0.00578. The van der Waals surface area contributed by atoms with Crippen LogP contribution in [0.2, 0.25) is 0 Å². The van der Waals surface area contributed by atoms with Crippen molar-refractivity contribution in [1.29, 1.82) is 0 Å². The van der Waals surface area contributed by atoms with Crippen LogP contribution in [0.4, 0.5) is 13.6 Å². The first-order chi connectivity index (χ1) is 10.0. The number of hydrogen-bond acceptors (Lipinski definition) is 3. The molecule has 1 heterocycles. The number of nitrogens with one attached hydrogen (secondary N) is 1. The Hall–Kier alpha value is -1.67. The van der Waals surface area contributed by atoms with Crippen molar-refractivity contribution in [2.45, 2.75) is 45.4 Å². The Morgan fingerprint density at radius 1 is 1.18 bits per heavy atom. The van der Waals surface area contributed by atoms with Crippen LogP contribution >= 0.6 is 0 Å². The lowest BCUT2D eigenvalue weighted by Gasteiger charge is -2.32. The van der Waals surface area contributed by atoms with E-state index >= 15 is 0 Å². The minimum absolute atomic E-state index is 0.0461. The molecule has 1 amide bonds. The first-order valence-electron chi connectivity index (χ1n) is 6.84. The monoisotopic (exact) mass is 313 g/mol. The van der Waals surface area contributed by atoms with E-state index in [1.165, 1.54) is 0 Å². The zero-order valence-electron chi connectivity index (χ0n) is 12.9. The highest BCUT2D eigenvalue weighted by molar-refractivity contribution is 6.62. The summed E-state index contributed by atoms with van der Waals surface area (Å²) in [7, 11) is -1.01. The van der Waals surface area contributed by atoms with Gasteiger partial charge in [0.05, 0.1) is 11.2 Å². The predicted molar refractivity (Wildman–Crippen MR) is 76.9 cm³/mol. The third kappa shape index (κ3) is 3.07. The van der Waals surface area contributed by atoms with Gasteiger partial charge in [-0.3, -0.25) is 0 Å². The lowest BCUT2D eigenvalue weighted by Crippen LogP contribution is -2.41. The average molecular weight is 313 g/mol. The molecule has 0 radical (unpaired) electrons. The fourth-order valence-corrected chi connectivity index (χ4v) is 2.06. The maximum absolute atomic E-state index is 14.2. The summed E-state index contributed by atoms with van der Waals surface area (Å²) in [4.78, 5) is 10.4. The molecule has 1 aromatic rings. The summed E-state index contributed by atoms with van der Waals surface area (Å²) in [6.45, 7) is 6.93. The molecule has 0 saturated carbocycles. The Balaban J connectivity index is 2.27. The molecule has 1 fully saturated rings. The predicted octanol–water partition coefficient (Wildman–Crippen LogP) is 2.03. The molecule has 2 N–H and O–H groups in total. The first-order valence-corrected chi connectivity index (χ1v) is 6.84. The van der Waals surface area contributed by atoms with Crippen molar-refractivity contribution in [2.75, 3.05) is 0 Å². The third-order valence-electron chi connectivity index (χ3n) is 4.10. The summed E-state index contributed by atoms with van der Waals surface area (Å²) in [6.07, 6.45) is -1.31. The quantitative estimate of drug-likeness (QED) is 0.838. The van der Waals surface area contributed by atoms with Crippen molar-refractivity contribution in [1.82, 2.24) is 5.32 Å². The summed E-state index contributed by atoms with van der Waals surface area (Å²) in [5.41, 5.74) is -1.45. The Morgan fingerprint density at radius 2 is 1.73 bits per heavy atom. The highest BCUT2D eigenvalue weighted by Gasteiger charge is 2.52. The molecule has 2 rings (SSSR count). The summed E-state index contributed by atoms with van der Waals surface area (Å²) in [5, 5.41) is 10.5. The average Bonchev–Trinajstić information content (AvgIpc) is 2.58. The second kappa shape index (κ2) is 5.51. The van der Waals surface area contributed by atoms with Crippen LogP contribution < -0.4 is 10.8 Å². The minimum atomic E-state index is -1.31. The van der Waals surface area contributed by atoms with Crippen LogP contribution in [-0.4, -0.2) is 29.5 Å². The summed E-state index contributed by atoms with van der Waals surface area (Å²) >= 11 is 0. The van der Waals surface area contributed by atoms with Gasteiger partial charge in [0.25, 0.3) is 0 Å². The van der Waals surface area contributed by atoms with Crippen molar-refractivity contribution < 1.29 is 28.0 Å². The van der Waals surface area contributed by atoms with Gasteiger partial charge in [-0.15, -0.1) is 0 Å². The van der Waals surface area contributed by atoms with Crippen LogP contribution in [0.15, 0.2) is 12.1 Å². The van der Waals surface area contributed by atoms with Gasteiger partial charge in [-0.1, -0.05) is 0 Å². The van der Waals surface area contributed by atoms with Crippen molar-refractivity contribution in [2.24, 2.45) is 0 Å². The Bertz CT molecular complexity index is 591.